The Morgan fingerprint density at radius 2 is 1.71 bits per heavy atom. The summed E-state index contributed by atoms with van der Waals surface area (Å²) >= 11 is 0. The standard InChI is InChI=1S/C23H24N6O2/c1-16(2)13-19(17-9-5-3-6-10-17)25-20(30)14-28-15-24-22-21(23(28)31)26-27-29(22)18-11-7-4-8-12-18/h3-12,15-16,19H,13-14H2,1-2H3,(H,25,30). The van der Waals surface area contributed by atoms with E-state index in [-0.39, 0.29) is 24.0 Å². The molecule has 158 valence electrons. The summed E-state index contributed by atoms with van der Waals surface area (Å²) in [7, 11) is 0. The van der Waals surface area contributed by atoms with Gasteiger partial charge in [-0.3, -0.25) is 14.2 Å². The average Bonchev–Trinajstić information content (AvgIpc) is 3.21. The summed E-state index contributed by atoms with van der Waals surface area (Å²) in [4.78, 5) is 30.0. The molecule has 1 unspecified atom stereocenters. The van der Waals surface area contributed by atoms with Crippen LogP contribution in [0.3, 0.4) is 0 Å². The molecule has 0 radical (unpaired) electrons. The monoisotopic (exact) mass is 416 g/mol. The first kappa shape index (κ1) is 20.5. The fourth-order valence-corrected chi connectivity index (χ4v) is 3.53. The SMILES string of the molecule is CC(C)CC(NC(=O)Cn1cnc2c(nnn2-c2ccccc2)c1=O)c1ccccc1. The largest absolute Gasteiger partial charge is 0.348 e. The maximum Gasteiger partial charge on any atom is 0.284 e. The molecule has 1 atom stereocenters. The van der Waals surface area contributed by atoms with Gasteiger partial charge in [0.05, 0.1) is 11.7 Å². The van der Waals surface area contributed by atoms with Crippen molar-refractivity contribution in [3.63, 3.8) is 0 Å². The van der Waals surface area contributed by atoms with E-state index in [0.717, 1.165) is 17.7 Å². The molecule has 1 N–H and O–H groups in total. The van der Waals surface area contributed by atoms with Crippen LogP contribution in [-0.2, 0) is 11.3 Å². The van der Waals surface area contributed by atoms with Crippen LogP contribution in [-0.4, -0.2) is 30.5 Å². The van der Waals surface area contributed by atoms with Gasteiger partial charge in [-0.1, -0.05) is 67.6 Å². The highest BCUT2D eigenvalue weighted by molar-refractivity contribution is 5.77. The second kappa shape index (κ2) is 8.91. The molecule has 0 aliphatic rings. The van der Waals surface area contributed by atoms with Gasteiger partial charge in [-0.15, -0.1) is 5.10 Å². The Hall–Kier alpha value is -3.81. The van der Waals surface area contributed by atoms with Gasteiger partial charge in [-0.2, -0.15) is 4.68 Å². The Morgan fingerprint density at radius 3 is 2.39 bits per heavy atom. The van der Waals surface area contributed by atoms with Gasteiger partial charge in [0.25, 0.3) is 5.56 Å². The molecule has 8 nitrogen and oxygen atoms in total. The number of rotatable bonds is 7. The zero-order valence-corrected chi connectivity index (χ0v) is 17.5. The quantitative estimate of drug-likeness (QED) is 0.500. The molecule has 1 amide bonds. The highest BCUT2D eigenvalue weighted by Crippen LogP contribution is 2.21. The topological polar surface area (TPSA) is 94.7 Å². The first-order chi connectivity index (χ1) is 15.0. The van der Waals surface area contributed by atoms with E-state index >= 15 is 0 Å². The van der Waals surface area contributed by atoms with Crippen molar-refractivity contribution in [1.29, 1.82) is 0 Å². The first-order valence-corrected chi connectivity index (χ1v) is 10.2. The predicted octanol–water partition coefficient (Wildman–Crippen LogP) is 2.88. The number of carbonyl (C=O) groups excluding carboxylic acids is 1. The highest BCUT2D eigenvalue weighted by atomic mass is 16.2. The van der Waals surface area contributed by atoms with Crippen LogP contribution >= 0.6 is 0 Å². The van der Waals surface area contributed by atoms with Crippen molar-refractivity contribution < 1.29 is 4.79 Å². The van der Waals surface area contributed by atoms with E-state index in [1.54, 1.807) is 0 Å². The summed E-state index contributed by atoms with van der Waals surface area (Å²) in [5.74, 6) is 0.146. The van der Waals surface area contributed by atoms with Crippen molar-refractivity contribution in [2.75, 3.05) is 0 Å². The number of benzene rings is 2. The second-order valence-corrected chi connectivity index (χ2v) is 7.85. The molecule has 2 aromatic heterocycles. The van der Waals surface area contributed by atoms with Crippen molar-refractivity contribution in [3.8, 4) is 5.69 Å². The number of hydrogen-bond acceptors (Lipinski definition) is 5. The molecule has 0 bridgehead atoms. The number of hydrogen-bond donors (Lipinski definition) is 1. The number of para-hydroxylation sites is 1. The van der Waals surface area contributed by atoms with Gasteiger partial charge in [0.1, 0.15) is 12.9 Å². The highest BCUT2D eigenvalue weighted by Gasteiger charge is 2.18. The van der Waals surface area contributed by atoms with Gasteiger partial charge < -0.3 is 5.32 Å². The molecular weight excluding hydrogens is 392 g/mol. The molecule has 0 aliphatic carbocycles. The normalized spacial score (nSPS) is 12.2. The molecular formula is C23H24N6O2. The predicted molar refractivity (Wildman–Crippen MR) is 118 cm³/mol. The molecule has 0 saturated heterocycles. The van der Waals surface area contributed by atoms with Crippen LogP contribution in [0.25, 0.3) is 16.9 Å². The van der Waals surface area contributed by atoms with Gasteiger partial charge >= 0.3 is 0 Å². The van der Waals surface area contributed by atoms with Crippen LogP contribution < -0.4 is 10.9 Å². The Kier molecular flexibility index (Phi) is 5.88. The Labute approximate surface area is 179 Å². The first-order valence-electron chi connectivity index (χ1n) is 10.2. The molecule has 0 spiro atoms. The van der Waals surface area contributed by atoms with E-state index < -0.39 is 5.56 Å². The van der Waals surface area contributed by atoms with Crippen LogP contribution in [0.4, 0.5) is 0 Å². The maximum atomic E-state index is 12.9. The van der Waals surface area contributed by atoms with Crippen LogP contribution in [0, 0.1) is 5.92 Å². The number of carbonyl (C=O) groups is 1. The lowest BCUT2D eigenvalue weighted by molar-refractivity contribution is -0.122. The molecule has 4 aromatic rings. The second-order valence-electron chi connectivity index (χ2n) is 7.85. The summed E-state index contributed by atoms with van der Waals surface area (Å²) in [5.41, 5.74) is 1.88. The number of nitrogens with zero attached hydrogens (tertiary/aromatic N) is 5. The van der Waals surface area contributed by atoms with Crippen LogP contribution in [0.15, 0.2) is 71.8 Å². The number of amides is 1. The molecule has 8 heteroatoms. The molecule has 31 heavy (non-hydrogen) atoms. The molecule has 0 saturated carbocycles. The Balaban J connectivity index is 1.56. The smallest absolute Gasteiger partial charge is 0.284 e. The van der Waals surface area contributed by atoms with Crippen LogP contribution in [0.5, 0.6) is 0 Å². The van der Waals surface area contributed by atoms with Crippen LogP contribution in [0.1, 0.15) is 31.9 Å². The molecule has 2 aromatic carbocycles. The van der Waals surface area contributed by atoms with Gasteiger partial charge in [-0.25, -0.2) is 4.98 Å². The lowest BCUT2D eigenvalue weighted by Crippen LogP contribution is -2.35. The molecule has 0 fully saturated rings. The van der Waals surface area contributed by atoms with E-state index in [1.165, 1.54) is 15.6 Å². The fraction of sp³-hybridized carbons (Fsp3) is 0.261. The van der Waals surface area contributed by atoms with Gasteiger partial charge in [0, 0.05) is 0 Å². The van der Waals surface area contributed by atoms with Gasteiger partial charge in [0.2, 0.25) is 5.91 Å². The van der Waals surface area contributed by atoms with Crippen molar-refractivity contribution in [3.05, 3.63) is 82.9 Å². The average molecular weight is 416 g/mol. The minimum Gasteiger partial charge on any atom is -0.348 e. The van der Waals surface area contributed by atoms with E-state index in [1.807, 2.05) is 60.7 Å². The fourth-order valence-electron chi connectivity index (χ4n) is 3.53. The summed E-state index contributed by atoms with van der Waals surface area (Å²) in [6.45, 7) is 4.09. The van der Waals surface area contributed by atoms with E-state index in [4.69, 9.17) is 0 Å². The van der Waals surface area contributed by atoms with Gasteiger partial charge in [0.15, 0.2) is 11.2 Å². The molecule has 2 heterocycles. The van der Waals surface area contributed by atoms with Crippen molar-refractivity contribution >= 4 is 17.1 Å². The summed E-state index contributed by atoms with van der Waals surface area (Å²) in [5, 5.41) is 11.1. The maximum absolute atomic E-state index is 12.9. The van der Waals surface area contributed by atoms with E-state index in [2.05, 4.69) is 34.5 Å². The zero-order valence-electron chi connectivity index (χ0n) is 17.5. The van der Waals surface area contributed by atoms with Crippen molar-refractivity contribution in [2.45, 2.75) is 32.9 Å². The minimum absolute atomic E-state index is 0.125. The summed E-state index contributed by atoms with van der Waals surface area (Å²) < 4.78 is 2.77. The number of fused-ring (bicyclic) bond motifs is 1. The third-order valence-corrected chi connectivity index (χ3v) is 4.99. The van der Waals surface area contributed by atoms with Crippen molar-refractivity contribution in [2.24, 2.45) is 5.92 Å². The lowest BCUT2D eigenvalue weighted by Gasteiger charge is -2.21. The number of nitrogens with one attached hydrogen (secondary N) is 1. The van der Waals surface area contributed by atoms with Crippen molar-refractivity contribution in [1.82, 2.24) is 29.9 Å². The third kappa shape index (κ3) is 4.53. The number of aromatic nitrogens is 5. The third-order valence-electron chi connectivity index (χ3n) is 4.99. The summed E-state index contributed by atoms with van der Waals surface area (Å²) in [6.07, 6.45) is 2.17. The van der Waals surface area contributed by atoms with E-state index in [9.17, 15) is 9.59 Å². The minimum atomic E-state index is -0.401. The Bertz CT molecular complexity index is 1230. The summed E-state index contributed by atoms with van der Waals surface area (Å²) in [6, 6.07) is 19.1. The zero-order chi connectivity index (χ0) is 21.8. The van der Waals surface area contributed by atoms with Gasteiger partial charge in [-0.05, 0) is 30.0 Å². The Morgan fingerprint density at radius 1 is 1.03 bits per heavy atom. The molecule has 4 rings (SSSR count). The van der Waals surface area contributed by atoms with Crippen LogP contribution in [0.2, 0.25) is 0 Å². The molecule has 0 aliphatic heterocycles. The van der Waals surface area contributed by atoms with E-state index in [0.29, 0.717) is 11.6 Å². The lowest BCUT2D eigenvalue weighted by atomic mass is 9.97.